The van der Waals surface area contributed by atoms with Crippen LogP contribution >= 0.6 is 0 Å². The summed E-state index contributed by atoms with van der Waals surface area (Å²) in [7, 11) is 0. The molecule has 3 rings (SSSR count). The highest BCUT2D eigenvalue weighted by atomic mass is 15.2. The molecule has 1 N–H and O–H groups in total. The van der Waals surface area contributed by atoms with E-state index in [0.29, 0.717) is 12.1 Å². The highest BCUT2D eigenvalue weighted by molar-refractivity contribution is 5.16. The first kappa shape index (κ1) is 13.1. The quantitative estimate of drug-likeness (QED) is 0.903. The molecule has 19 heavy (non-hydrogen) atoms. The van der Waals surface area contributed by atoms with Crippen molar-refractivity contribution in [2.45, 2.75) is 51.7 Å². The number of nitrogens with one attached hydrogen (secondary N) is 1. The topological polar surface area (TPSA) is 28.2 Å². The number of aromatic nitrogens is 1. The first-order valence-corrected chi connectivity index (χ1v) is 7.60. The van der Waals surface area contributed by atoms with E-state index in [9.17, 15) is 0 Å². The lowest BCUT2D eigenvalue weighted by molar-refractivity contribution is 0.190. The van der Waals surface area contributed by atoms with Crippen molar-refractivity contribution in [2.75, 3.05) is 13.1 Å². The van der Waals surface area contributed by atoms with Gasteiger partial charge in [0.25, 0.3) is 0 Å². The summed E-state index contributed by atoms with van der Waals surface area (Å²) in [5, 5.41) is 3.74. The molecule has 3 heteroatoms. The molecule has 3 nitrogen and oxygen atoms in total. The highest BCUT2D eigenvalue weighted by Gasteiger charge is 2.34. The highest BCUT2D eigenvalue weighted by Crippen LogP contribution is 2.34. The molecular weight excluding hydrogens is 234 g/mol. The monoisotopic (exact) mass is 259 g/mol. The third-order valence-corrected chi connectivity index (χ3v) is 4.53. The van der Waals surface area contributed by atoms with Crippen molar-refractivity contribution in [2.24, 2.45) is 5.92 Å². The zero-order chi connectivity index (χ0) is 13.2. The number of aryl methyl sites for hydroxylation is 1. The van der Waals surface area contributed by atoms with E-state index >= 15 is 0 Å². The normalized spacial score (nSPS) is 29.2. The van der Waals surface area contributed by atoms with Gasteiger partial charge in [0.15, 0.2) is 0 Å². The van der Waals surface area contributed by atoms with Gasteiger partial charge in [0.05, 0.1) is 0 Å². The van der Waals surface area contributed by atoms with Crippen LogP contribution in [0.5, 0.6) is 0 Å². The van der Waals surface area contributed by atoms with Gasteiger partial charge in [-0.25, -0.2) is 0 Å². The van der Waals surface area contributed by atoms with Crippen molar-refractivity contribution < 1.29 is 0 Å². The maximum absolute atomic E-state index is 4.32. The van der Waals surface area contributed by atoms with Gasteiger partial charge in [-0.3, -0.25) is 9.88 Å². The fourth-order valence-electron chi connectivity index (χ4n) is 3.13. The van der Waals surface area contributed by atoms with E-state index in [1.165, 1.54) is 43.5 Å². The largest absolute Gasteiger partial charge is 0.312 e. The minimum absolute atomic E-state index is 0.664. The minimum atomic E-state index is 0.664. The van der Waals surface area contributed by atoms with E-state index in [1.54, 1.807) is 0 Å². The molecule has 2 unspecified atom stereocenters. The van der Waals surface area contributed by atoms with Gasteiger partial charge in [0.1, 0.15) is 0 Å². The summed E-state index contributed by atoms with van der Waals surface area (Å²) in [6.45, 7) is 7.89. The predicted octanol–water partition coefficient (Wildman–Crippen LogP) is 2.35. The Balaban J connectivity index is 1.69. The van der Waals surface area contributed by atoms with Crippen molar-refractivity contribution in [1.29, 1.82) is 0 Å². The van der Waals surface area contributed by atoms with Gasteiger partial charge in [-0.2, -0.15) is 0 Å². The Kier molecular flexibility index (Phi) is 3.85. The zero-order valence-electron chi connectivity index (χ0n) is 12.1. The summed E-state index contributed by atoms with van der Waals surface area (Å²) >= 11 is 0. The molecule has 1 saturated heterocycles. The Morgan fingerprint density at radius 1 is 1.32 bits per heavy atom. The predicted molar refractivity (Wildman–Crippen MR) is 78.0 cm³/mol. The molecule has 1 aliphatic carbocycles. The maximum Gasteiger partial charge on any atom is 0.0313 e. The molecule has 2 heterocycles. The lowest BCUT2D eigenvalue weighted by atomic mass is 10.1. The summed E-state index contributed by atoms with van der Waals surface area (Å²) in [5.41, 5.74) is 2.61. The average molecular weight is 259 g/mol. The molecule has 1 aromatic heterocycles. The molecule has 2 fully saturated rings. The molecule has 0 bridgehead atoms. The number of hydrogen-bond donors (Lipinski definition) is 1. The summed E-state index contributed by atoms with van der Waals surface area (Å²) in [6, 6.07) is 3.64. The van der Waals surface area contributed by atoms with Crippen LogP contribution in [0, 0.1) is 12.8 Å². The van der Waals surface area contributed by atoms with Crippen LogP contribution < -0.4 is 5.32 Å². The molecule has 104 valence electrons. The second-order valence-corrected chi connectivity index (χ2v) is 6.34. The molecule has 2 aliphatic rings. The molecule has 1 saturated carbocycles. The third kappa shape index (κ3) is 3.34. The Morgan fingerprint density at radius 2 is 2.16 bits per heavy atom. The van der Waals surface area contributed by atoms with E-state index in [1.807, 2.05) is 12.4 Å². The summed E-state index contributed by atoms with van der Waals surface area (Å²) in [6.07, 6.45) is 8.05. The molecule has 2 atom stereocenters. The SMILES string of the molecule is Cc1cncc(CN2CC(C3CC3)NCCC2C)c1. The third-order valence-electron chi connectivity index (χ3n) is 4.53. The maximum atomic E-state index is 4.32. The molecule has 0 aromatic carbocycles. The van der Waals surface area contributed by atoms with Crippen molar-refractivity contribution in [1.82, 2.24) is 15.2 Å². The van der Waals surface area contributed by atoms with Gasteiger partial charge in [0.2, 0.25) is 0 Å². The zero-order valence-corrected chi connectivity index (χ0v) is 12.1. The van der Waals surface area contributed by atoms with Crippen LogP contribution in [0.15, 0.2) is 18.5 Å². The lowest BCUT2D eigenvalue weighted by Crippen LogP contribution is -2.40. The van der Waals surface area contributed by atoms with E-state index < -0.39 is 0 Å². The number of hydrogen-bond acceptors (Lipinski definition) is 3. The smallest absolute Gasteiger partial charge is 0.0313 e. The first-order valence-electron chi connectivity index (χ1n) is 7.60. The standard InChI is InChI=1S/C16H25N3/c1-12-7-14(9-17-8-12)10-19-11-16(15-3-4-15)18-6-5-13(19)2/h7-9,13,15-16,18H,3-6,10-11H2,1-2H3. The van der Waals surface area contributed by atoms with Crippen molar-refractivity contribution in [3.8, 4) is 0 Å². The van der Waals surface area contributed by atoms with Crippen LogP contribution in [0.2, 0.25) is 0 Å². The average Bonchev–Trinajstić information content (AvgIpc) is 3.19. The molecule has 1 aliphatic heterocycles. The van der Waals surface area contributed by atoms with Gasteiger partial charge in [-0.05, 0) is 56.7 Å². The van der Waals surface area contributed by atoms with Crippen LogP contribution in [0.25, 0.3) is 0 Å². The Bertz CT molecular complexity index is 428. The summed E-state index contributed by atoms with van der Waals surface area (Å²) in [4.78, 5) is 6.96. The number of rotatable bonds is 3. The fraction of sp³-hybridized carbons (Fsp3) is 0.688. The van der Waals surface area contributed by atoms with Crippen molar-refractivity contribution in [3.63, 3.8) is 0 Å². The molecule has 1 aromatic rings. The Hall–Kier alpha value is -0.930. The van der Waals surface area contributed by atoms with E-state index in [2.05, 4.69) is 35.1 Å². The van der Waals surface area contributed by atoms with E-state index in [0.717, 1.165) is 12.5 Å². The van der Waals surface area contributed by atoms with Gasteiger partial charge < -0.3 is 5.32 Å². The van der Waals surface area contributed by atoms with Gasteiger partial charge in [-0.1, -0.05) is 6.07 Å². The fourth-order valence-corrected chi connectivity index (χ4v) is 3.13. The summed E-state index contributed by atoms with van der Waals surface area (Å²) < 4.78 is 0. The van der Waals surface area contributed by atoms with Gasteiger partial charge >= 0.3 is 0 Å². The lowest BCUT2D eigenvalue weighted by Gasteiger charge is -2.29. The number of nitrogens with zero attached hydrogens (tertiary/aromatic N) is 2. The van der Waals surface area contributed by atoms with Crippen LogP contribution in [0.1, 0.15) is 37.3 Å². The van der Waals surface area contributed by atoms with Crippen LogP contribution in [0.4, 0.5) is 0 Å². The second kappa shape index (κ2) is 5.59. The number of pyridine rings is 1. The van der Waals surface area contributed by atoms with E-state index in [4.69, 9.17) is 0 Å². The van der Waals surface area contributed by atoms with Crippen LogP contribution in [-0.2, 0) is 6.54 Å². The molecule has 0 amide bonds. The van der Waals surface area contributed by atoms with Crippen LogP contribution in [0.3, 0.4) is 0 Å². The van der Waals surface area contributed by atoms with Crippen molar-refractivity contribution >= 4 is 0 Å². The first-order chi connectivity index (χ1) is 9.22. The van der Waals surface area contributed by atoms with Gasteiger partial charge in [-0.15, -0.1) is 0 Å². The minimum Gasteiger partial charge on any atom is -0.312 e. The Morgan fingerprint density at radius 3 is 2.89 bits per heavy atom. The van der Waals surface area contributed by atoms with Crippen molar-refractivity contribution in [3.05, 3.63) is 29.6 Å². The van der Waals surface area contributed by atoms with Gasteiger partial charge in [0, 0.05) is 37.6 Å². The molecular formula is C16H25N3. The molecule has 0 radical (unpaired) electrons. The second-order valence-electron chi connectivity index (χ2n) is 6.34. The van der Waals surface area contributed by atoms with E-state index in [-0.39, 0.29) is 0 Å². The molecule has 0 spiro atoms. The Labute approximate surface area is 116 Å². The van der Waals surface area contributed by atoms with Crippen LogP contribution in [-0.4, -0.2) is 35.1 Å². The summed E-state index contributed by atoms with van der Waals surface area (Å²) in [5.74, 6) is 0.934.